The van der Waals surface area contributed by atoms with E-state index in [2.05, 4.69) is 39.8 Å². The Bertz CT molecular complexity index is 1100. The fraction of sp³-hybridized carbons (Fsp3) is 0.517. The van der Waals surface area contributed by atoms with E-state index in [1.165, 1.54) is 18.4 Å². The van der Waals surface area contributed by atoms with Crippen LogP contribution < -0.4 is 14.2 Å². The topological polar surface area (TPSA) is 47.9 Å². The Morgan fingerprint density at radius 1 is 1.03 bits per heavy atom. The van der Waals surface area contributed by atoms with E-state index in [0.29, 0.717) is 11.7 Å². The Labute approximate surface area is 197 Å². The molecule has 2 aromatic carbocycles. The van der Waals surface area contributed by atoms with Crippen molar-refractivity contribution in [1.82, 2.24) is 0 Å². The van der Waals surface area contributed by atoms with E-state index >= 15 is 0 Å². The monoisotopic (exact) mass is 448 g/mol. The lowest BCUT2D eigenvalue weighted by molar-refractivity contribution is -0.00708. The highest BCUT2D eigenvalue weighted by molar-refractivity contribution is 5.74. The predicted molar refractivity (Wildman–Crippen MR) is 132 cm³/mol. The minimum absolute atomic E-state index is 0.210. The highest BCUT2D eigenvalue weighted by Crippen LogP contribution is 2.50. The third-order valence-corrected chi connectivity index (χ3v) is 7.88. The summed E-state index contributed by atoms with van der Waals surface area (Å²) in [6, 6.07) is 8.12. The van der Waals surface area contributed by atoms with Crippen LogP contribution in [0.3, 0.4) is 0 Å². The lowest BCUT2D eigenvalue weighted by atomic mass is 9.64. The molecule has 4 nitrogen and oxygen atoms in total. The van der Waals surface area contributed by atoms with Gasteiger partial charge in [0.2, 0.25) is 0 Å². The predicted octanol–water partition coefficient (Wildman–Crippen LogP) is 6.80. The zero-order valence-electron chi connectivity index (χ0n) is 20.5. The molecule has 3 aliphatic rings. The van der Waals surface area contributed by atoms with E-state index in [0.717, 1.165) is 59.6 Å². The van der Waals surface area contributed by atoms with Gasteiger partial charge in [-0.15, -0.1) is 0 Å². The molecular weight excluding hydrogens is 412 g/mol. The number of hydrogen-bond donors (Lipinski definition) is 1. The summed E-state index contributed by atoms with van der Waals surface area (Å²) >= 11 is 0. The summed E-state index contributed by atoms with van der Waals surface area (Å²) in [5.74, 6) is 3.33. The summed E-state index contributed by atoms with van der Waals surface area (Å²) in [7, 11) is 1.71. The van der Waals surface area contributed by atoms with Gasteiger partial charge in [0.1, 0.15) is 23.2 Å². The quantitative estimate of drug-likeness (QED) is 0.524. The molecule has 0 amide bonds. The second kappa shape index (κ2) is 8.00. The Morgan fingerprint density at radius 2 is 1.79 bits per heavy atom. The molecule has 1 N–H and O–H groups in total. The smallest absolute Gasteiger partial charge is 0.164 e. The van der Waals surface area contributed by atoms with Gasteiger partial charge < -0.3 is 19.3 Å². The first kappa shape index (κ1) is 22.2. The number of fused-ring (bicyclic) bond motifs is 3. The van der Waals surface area contributed by atoms with Crippen molar-refractivity contribution in [2.24, 2.45) is 11.3 Å². The molecule has 0 radical (unpaired) electrons. The van der Waals surface area contributed by atoms with Crippen LogP contribution in [0.25, 0.3) is 12.2 Å². The molecule has 0 bridgehead atoms. The van der Waals surface area contributed by atoms with E-state index in [4.69, 9.17) is 14.2 Å². The number of benzene rings is 2. The van der Waals surface area contributed by atoms with Gasteiger partial charge in [-0.05, 0) is 98.7 Å². The molecule has 0 saturated heterocycles. The number of hydrogen-bond acceptors (Lipinski definition) is 4. The molecule has 4 heteroatoms. The van der Waals surface area contributed by atoms with Gasteiger partial charge in [-0.25, -0.2) is 0 Å². The molecule has 33 heavy (non-hydrogen) atoms. The molecule has 176 valence electrons. The van der Waals surface area contributed by atoms with Crippen LogP contribution in [0.4, 0.5) is 0 Å². The zero-order valence-corrected chi connectivity index (χ0v) is 20.5. The largest absolute Gasteiger partial charge is 0.508 e. The highest BCUT2D eigenvalue weighted by Gasteiger charge is 2.43. The van der Waals surface area contributed by atoms with Crippen LogP contribution in [0, 0.1) is 11.3 Å². The van der Waals surface area contributed by atoms with Crippen molar-refractivity contribution < 1.29 is 19.3 Å². The fourth-order valence-electron chi connectivity index (χ4n) is 5.86. The molecule has 0 spiro atoms. The second-order valence-electron chi connectivity index (χ2n) is 11.3. The van der Waals surface area contributed by atoms with Crippen molar-refractivity contribution in [1.29, 1.82) is 0 Å². The Kier molecular flexibility index (Phi) is 5.38. The van der Waals surface area contributed by atoms with Crippen LogP contribution in [0.1, 0.15) is 75.6 Å². The second-order valence-corrected chi connectivity index (χ2v) is 11.3. The number of phenolic OH excluding ortho intramolecular Hbond substituents is 1. The fourth-order valence-corrected chi connectivity index (χ4v) is 5.86. The number of rotatable bonds is 3. The summed E-state index contributed by atoms with van der Waals surface area (Å²) in [6.07, 6.45) is 10.7. The van der Waals surface area contributed by atoms with Crippen LogP contribution in [0.2, 0.25) is 0 Å². The minimum Gasteiger partial charge on any atom is -0.508 e. The van der Waals surface area contributed by atoms with Crippen molar-refractivity contribution in [2.75, 3.05) is 7.11 Å². The van der Waals surface area contributed by atoms with Crippen molar-refractivity contribution in [3.05, 3.63) is 46.5 Å². The molecule has 2 heterocycles. The molecule has 5 rings (SSSR count). The van der Waals surface area contributed by atoms with E-state index in [1.807, 2.05) is 24.3 Å². The van der Waals surface area contributed by atoms with Gasteiger partial charge >= 0.3 is 0 Å². The molecule has 1 aliphatic carbocycles. The van der Waals surface area contributed by atoms with Crippen LogP contribution in [0.15, 0.2) is 24.3 Å². The third-order valence-electron chi connectivity index (χ3n) is 7.88. The molecule has 2 aliphatic heterocycles. The molecule has 2 atom stereocenters. The van der Waals surface area contributed by atoms with Crippen LogP contribution in [-0.4, -0.2) is 23.9 Å². The van der Waals surface area contributed by atoms with Gasteiger partial charge in [-0.1, -0.05) is 26.0 Å². The molecular formula is C29H36O4. The number of phenols is 1. The summed E-state index contributed by atoms with van der Waals surface area (Å²) in [4.78, 5) is 0. The van der Waals surface area contributed by atoms with E-state index < -0.39 is 0 Å². The van der Waals surface area contributed by atoms with Gasteiger partial charge in [0.05, 0.1) is 7.11 Å². The Morgan fingerprint density at radius 3 is 2.55 bits per heavy atom. The first-order chi connectivity index (χ1) is 15.6. The maximum absolute atomic E-state index is 10.6. The Balaban J connectivity index is 1.45. The summed E-state index contributed by atoms with van der Waals surface area (Å²) in [5, 5.41) is 10.6. The first-order valence-electron chi connectivity index (χ1n) is 12.3. The maximum Gasteiger partial charge on any atom is 0.164 e. The molecule has 1 fully saturated rings. The minimum atomic E-state index is -0.210. The molecule has 1 saturated carbocycles. The number of ether oxygens (including phenoxy) is 3. The van der Waals surface area contributed by atoms with Crippen LogP contribution in [0.5, 0.6) is 23.0 Å². The average Bonchev–Trinajstić information content (AvgIpc) is 2.75. The van der Waals surface area contributed by atoms with Gasteiger partial charge in [-0.3, -0.25) is 0 Å². The molecule has 2 unspecified atom stereocenters. The van der Waals surface area contributed by atoms with Crippen LogP contribution in [-0.2, 0) is 12.8 Å². The van der Waals surface area contributed by atoms with Crippen LogP contribution >= 0.6 is 0 Å². The summed E-state index contributed by atoms with van der Waals surface area (Å²) < 4.78 is 18.4. The first-order valence-corrected chi connectivity index (χ1v) is 12.3. The molecule has 2 aromatic rings. The van der Waals surface area contributed by atoms with Gasteiger partial charge in [0, 0.05) is 11.5 Å². The van der Waals surface area contributed by atoms with E-state index in [1.54, 1.807) is 7.11 Å². The summed E-state index contributed by atoms with van der Waals surface area (Å²) in [5.41, 5.74) is 4.20. The van der Waals surface area contributed by atoms with E-state index in [9.17, 15) is 5.11 Å². The standard InChI is InChI=1S/C29H36O4/c1-28(2)11-6-7-24-22(28)17-20-13-18(16-26(31-5)27(20)32-24)8-9-19-14-23(30)21-10-12-29(3,4)33-25(21)15-19/h8-9,13-16,22,24,30H,6-7,10-12,17H2,1-5H3/b9-8+. The SMILES string of the molecule is COc1cc(/C=C/c2cc(O)c3c(c2)OC(C)(C)CC3)cc2c1OC1CCCC(C)(C)C1C2. The van der Waals surface area contributed by atoms with Crippen molar-refractivity contribution in [3.8, 4) is 23.0 Å². The Hall–Kier alpha value is -2.62. The maximum atomic E-state index is 10.6. The van der Waals surface area contributed by atoms with Crippen molar-refractivity contribution >= 4 is 12.2 Å². The zero-order chi connectivity index (χ0) is 23.4. The van der Waals surface area contributed by atoms with Crippen molar-refractivity contribution in [2.45, 2.75) is 77.9 Å². The number of aromatic hydroxyl groups is 1. The summed E-state index contributed by atoms with van der Waals surface area (Å²) in [6.45, 7) is 8.94. The van der Waals surface area contributed by atoms with E-state index in [-0.39, 0.29) is 17.1 Å². The van der Waals surface area contributed by atoms with Gasteiger partial charge in [0.15, 0.2) is 11.5 Å². The van der Waals surface area contributed by atoms with Gasteiger partial charge in [0.25, 0.3) is 0 Å². The normalized spacial score (nSPS) is 24.8. The van der Waals surface area contributed by atoms with Crippen molar-refractivity contribution in [3.63, 3.8) is 0 Å². The third kappa shape index (κ3) is 4.20. The number of methoxy groups -OCH3 is 1. The lowest BCUT2D eigenvalue weighted by Gasteiger charge is -2.47. The lowest BCUT2D eigenvalue weighted by Crippen LogP contribution is -2.45. The molecule has 0 aromatic heterocycles. The van der Waals surface area contributed by atoms with Gasteiger partial charge in [-0.2, -0.15) is 0 Å². The average molecular weight is 449 g/mol. The highest BCUT2D eigenvalue weighted by atomic mass is 16.5.